The van der Waals surface area contributed by atoms with Crippen molar-refractivity contribution in [3.8, 4) is 0 Å². The van der Waals surface area contributed by atoms with Crippen molar-refractivity contribution in [2.24, 2.45) is 5.92 Å². The van der Waals surface area contributed by atoms with Gasteiger partial charge in [0.05, 0.1) is 13.1 Å². The average molecular weight is 486 g/mol. The molecule has 2 bridgehead atoms. The van der Waals surface area contributed by atoms with Gasteiger partial charge >= 0.3 is 5.97 Å². The molecule has 3 heterocycles. The molecular weight excluding hydrogens is 452 g/mol. The number of amides is 1. The van der Waals surface area contributed by atoms with E-state index in [0.29, 0.717) is 28.7 Å². The number of carbonyl (C=O) groups is 2. The van der Waals surface area contributed by atoms with Crippen molar-refractivity contribution in [1.29, 1.82) is 0 Å². The molecule has 6 heteroatoms. The number of esters is 1. The summed E-state index contributed by atoms with van der Waals surface area (Å²) in [5, 5.41) is 11.8. The second-order valence-electron chi connectivity index (χ2n) is 10.1. The van der Waals surface area contributed by atoms with E-state index in [1.165, 1.54) is 0 Å². The Morgan fingerprint density at radius 3 is 1.92 bits per heavy atom. The molecule has 6 rings (SSSR count). The summed E-state index contributed by atoms with van der Waals surface area (Å²) in [6.07, 6.45) is 1.46. The standard InChI is InChI=1S/C30H33N2O4/c1-31(26-15-9-4-10-16-26)28(33)22-32-19-17-23(18-20-32)27(21-32)36-29(34)30(35,24-11-5-2-6-12-24)25-13-7-3-8-14-25/h2-16,23,27,35H,17-22H2,1H3/q+1/t23?,27-,32?/m0/s1. The lowest BCUT2D eigenvalue weighted by Crippen LogP contribution is -2.67. The maximum atomic E-state index is 13.7. The Bertz CT molecular complexity index is 1150. The normalized spacial score (nSPS) is 23.2. The lowest BCUT2D eigenvalue weighted by atomic mass is 9.82. The zero-order valence-corrected chi connectivity index (χ0v) is 20.6. The van der Waals surface area contributed by atoms with Crippen LogP contribution in [0.5, 0.6) is 0 Å². The van der Waals surface area contributed by atoms with Gasteiger partial charge in [-0.25, -0.2) is 4.79 Å². The number of nitrogens with zero attached hydrogens (tertiary/aromatic N) is 2. The molecule has 1 N–H and O–H groups in total. The SMILES string of the molecule is CN(C(=O)C[N+]12CCC(CC1)[C@@H](OC(=O)C(O)(c1ccccc1)c1ccccc1)C2)c1ccccc1. The molecule has 3 aromatic rings. The number of quaternary nitrogens is 1. The fraction of sp³-hybridized carbons (Fsp3) is 0.333. The first-order valence-corrected chi connectivity index (χ1v) is 12.6. The number of benzene rings is 3. The van der Waals surface area contributed by atoms with Crippen molar-refractivity contribution < 1.29 is 23.9 Å². The summed E-state index contributed by atoms with van der Waals surface area (Å²) in [4.78, 5) is 28.6. The van der Waals surface area contributed by atoms with Gasteiger partial charge in [0.15, 0.2) is 12.6 Å². The van der Waals surface area contributed by atoms with E-state index in [1.807, 2.05) is 49.5 Å². The van der Waals surface area contributed by atoms with Crippen molar-refractivity contribution in [1.82, 2.24) is 0 Å². The molecule has 3 fully saturated rings. The van der Waals surface area contributed by atoms with Gasteiger partial charge < -0.3 is 19.2 Å². The minimum atomic E-state index is -1.90. The van der Waals surface area contributed by atoms with Crippen LogP contribution in [0.1, 0.15) is 24.0 Å². The van der Waals surface area contributed by atoms with Gasteiger partial charge in [-0.15, -0.1) is 0 Å². The molecular formula is C30H33N2O4+. The number of hydrogen-bond donors (Lipinski definition) is 1. The van der Waals surface area contributed by atoms with Crippen molar-refractivity contribution in [2.75, 3.05) is 38.1 Å². The monoisotopic (exact) mass is 485 g/mol. The maximum Gasteiger partial charge on any atom is 0.348 e. The number of likely N-dealkylation sites (N-methyl/N-ethyl adjacent to an activating group) is 1. The van der Waals surface area contributed by atoms with Crippen molar-refractivity contribution >= 4 is 17.6 Å². The summed E-state index contributed by atoms with van der Waals surface area (Å²) in [5.74, 6) is -0.368. The van der Waals surface area contributed by atoms with E-state index in [2.05, 4.69) is 0 Å². The minimum Gasteiger partial charge on any atom is -0.453 e. The molecule has 0 unspecified atom stereocenters. The molecule has 3 aliphatic heterocycles. The van der Waals surface area contributed by atoms with Crippen LogP contribution in [-0.2, 0) is 19.9 Å². The van der Waals surface area contributed by atoms with E-state index in [-0.39, 0.29) is 17.9 Å². The Labute approximate surface area is 212 Å². The van der Waals surface area contributed by atoms with Crippen LogP contribution >= 0.6 is 0 Å². The highest BCUT2D eigenvalue weighted by molar-refractivity contribution is 5.93. The van der Waals surface area contributed by atoms with Gasteiger partial charge in [-0.1, -0.05) is 78.9 Å². The Morgan fingerprint density at radius 2 is 1.39 bits per heavy atom. The van der Waals surface area contributed by atoms with Crippen LogP contribution in [0.25, 0.3) is 0 Å². The molecule has 0 aliphatic carbocycles. The largest absolute Gasteiger partial charge is 0.453 e. The van der Waals surface area contributed by atoms with Crippen LogP contribution in [0.3, 0.4) is 0 Å². The first-order chi connectivity index (χ1) is 17.4. The number of anilines is 1. The predicted octanol–water partition coefficient (Wildman–Crippen LogP) is 3.74. The van der Waals surface area contributed by atoms with Crippen molar-refractivity contribution in [3.63, 3.8) is 0 Å². The highest BCUT2D eigenvalue weighted by Crippen LogP contribution is 2.38. The second kappa shape index (κ2) is 9.88. The number of hydrogen-bond acceptors (Lipinski definition) is 4. The van der Waals surface area contributed by atoms with Gasteiger partial charge in [-0.2, -0.15) is 0 Å². The maximum absolute atomic E-state index is 13.7. The lowest BCUT2D eigenvalue weighted by molar-refractivity contribution is -0.939. The van der Waals surface area contributed by atoms with Crippen LogP contribution in [0.15, 0.2) is 91.0 Å². The summed E-state index contributed by atoms with van der Waals surface area (Å²) in [6.45, 7) is 2.75. The van der Waals surface area contributed by atoms with Gasteiger partial charge in [-0.05, 0) is 23.3 Å². The van der Waals surface area contributed by atoms with Crippen LogP contribution < -0.4 is 4.90 Å². The van der Waals surface area contributed by atoms with Crippen molar-refractivity contribution in [3.05, 3.63) is 102 Å². The van der Waals surface area contributed by atoms with Gasteiger partial charge in [0.25, 0.3) is 5.91 Å². The van der Waals surface area contributed by atoms with Gasteiger partial charge in [-0.3, -0.25) is 4.79 Å². The van der Waals surface area contributed by atoms with E-state index >= 15 is 0 Å². The van der Waals surface area contributed by atoms with Crippen LogP contribution in [0, 0.1) is 5.92 Å². The third-order valence-corrected chi connectivity index (χ3v) is 7.97. The van der Waals surface area contributed by atoms with Gasteiger partial charge in [0, 0.05) is 31.5 Å². The summed E-state index contributed by atoms with van der Waals surface area (Å²) in [6, 6.07) is 27.6. The highest BCUT2D eigenvalue weighted by Gasteiger charge is 2.51. The molecule has 1 amide bonds. The predicted molar refractivity (Wildman–Crippen MR) is 138 cm³/mol. The molecule has 3 saturated heterocycles. The number of carbonyl (C=O) groups excluding carboxylic acids is 2. The fourth-order valence-corrected chi connectivity index (χ4v) is 5.75. The quantitative estimate of drug-likeness (QED) is 0.409. The van der Waals surface area contributed by atoms with Gasteiger partial charge in [0.2, 0.25) is 5.60 Å². The summed E-state index contributed by atoms with van der Waals surface area (Å²) >= 11 is 0. The number of ether oxygens (including phenoxy) is 1. The summed E-state index contributed by atoms with van der Waals surface area (Å²) in [7, 11) is 1.81. The molecule has 0 saturated carbocycles. The number of aliphatic hydroxyl groups is 1. The van der Waals surface area contributed by atoms with Gasteiger partial charge in [0.1, 0.15) is 6.54 Å². The van der Waals surface area contributed by atoms with E-state index in [9.17, 15) is 14.7 Å². The zero-order chi connectivity index (χ0) is 25.2. The molecule has 0 spiro atoms. The minimum absolute atomic E-state index is 0.0525. The molecule has 3 aromatic carbocycles. The first kappa shape index (κ1) is 24.2. The van der Waals surface area contributed by atoms with Crippen LogP contribution in [-0.4, -0.2) is 60.8 Å². The smallest absolute Gasteiger partial charge is 0.348 e. The van der Waals surface area contributed by atoms with E-state index in [4.69, 9.17) is 4.74 Å². The molecule has 0 aromatic heterocycles. The summed E-state index contributed by atoms with van der Waals surface area (Å²) in [5.41, 5.74) is -0.0775. The topological polar surface area (TPSA) is 66.8 Å². The number of para-hydroxylation sites is 1. The Balaban J connectivity index is 1.35. The molecule has 36 heavy (non-hydrogen) atoms. The molecule has 0 radical (unpaired) electrons. The van der Waals surface area contributed by atoms with Crippen LogP contribution in [0.4, 0.5) is 5.69 Å². The van der Waals surface area contributed by atoms with E-state index < -0.39 is 11.6 Å². The fourth-order valence-electron chi connectivity index (χ4n) is 5.75. The van der Waals surface area contributed by atoms with Crippen LogP contribution in [0.2, 0.25) is 0 Å². The Kier molecular flexibility index (Phi) is 6.65. The number of fused-ring (bicyclic) bond motifs is 3. The average Bonchev–Trinajstić information content (AvgIpc) is 2.94. The zero-order valence-electron chi connectivity index (χ0n) is 20.6. The third-order valence-electron chi connectivity index (χ3n) is 7.97. The summed E-state index contributed by atoms with van der Waals surface area (Å²) < 4.78 is 6.73. The van der Waals surface area contributed by atoms with E-state index in [0.717, 1.165) is 31.6 Å². The molecule has 1 atom stereocenters. The third kappa shape index (κ3) is 4.54. The second-order valence-corrected chi connectivity index (χ2v) is 10.1. The van der Waals surface area contributed by atoms with Crippen molar-refractivity contribution in [2.45, 2.75) is 24.5 Å². The Hall–Kier alpha value is -3.48. The Morgan fingerprint density at radius 1 is 0.889 bits per heavy atom. The first-order valence-electron chi connectivity index (χ1n) is 12.6. The van der Waals surface area contributed by atoms with E-state index in [1.54, 1.807) is 53.4 Å². The number of piperidine rings is 3. The number of rotatable bonds is 7. The lowest BCUT2D eigenvalue weighted by Gasteiger charge is -2.52. The highest BCUT2D eigenvalue weighted by atomic mass is 16.6. The molecule has 6 nitrogen and oxygen atoms in total. The molecule has 3 aliphatic rings. The molecule has 186 valence electrons.